The lowest BCUT2D eigenvalue weighted by molar-refractivity contribution is 0.164. The quantitative estimate of drug-likeness (QED) is 0.582. The Labute approximate surface area is 160 Å². The van der Waals surface area contributed by atoms with Crippen molar-refractivity contribution in [1.29, 1.82) is 0 Å². The highest BCUT2D eigenvalue weighted by molar-refractivity contribution is 5.70. The number of aromatic amines is 1. The van der Waals surface area contributed by atoms with Crippen molar-refractivity contribution in [3.05, 3.63) is 53.0 Å². The fraction of sp³-hybridized carbons (Fsp3) is 0.368. The molecule has 0 radical (unpaired) electrons. The van der Waals surface area contributed by atoms with Crippen molar-refractivity contribution in [3.63, 3.8) is 0 Å². The van der Waals surface area contributed by atoms with Gasteiger partial charge in [-0.15, -0.1) is 0 Å². The Morgan fingerprint density at radius 3 is 2.96 bits per heavy atom. The van der Waals surface area contributed by atoms with E-state index in [1.807, 2.05) is 36.0 Å². The first-order valence-corrected chi connectivity index (χ1v) is 9.39. The van der Waals surface area contributed by atoms with Crippen LogP contribution in [-0.2, 0) is 13.6 Å². The Hall–Kier alpha value is -3.20. The van der Waals surface area contributed by atoms with Crippen LogP contribution in [0.3, 0.4) is 0 Å². The summed E-state index contributed by atoms with van der Waals surface area (Å²) in [7, 11) is 1.88. The summed E-state index contributed by atoms with van der Waals surface area (Å²) in [4.78, 5) is 22.0. The van der Waals surface area contributed by atoms with Crippen LogP contribution in [0, 0.1) is 0 Å². The molecule has 9 heteroatoms. The molecular formula is C19H21N7O2. The van der Waals surface area contributed by atoms with Gasteiger partial charge in [0.2, 0.25) is 0 Å². The van der Waals surface area contributed by atoms with Gasteiger partial charge >= 0.3 is 5.69 Å². The minimum Gasteiger partial charge on any atom is -0.359 e. The predicted octanol–water partition coefficient (Wildman–Crippen LogP) is 1.95. The first-order valence-electron chi connectivity index (χ1n) is 9.39. The van der Waals surface area contributed by atoms with Crippen LogP contribution in [-0.4, -0.2) is 47.5 Å². The summed E-state index contributed by atoms with van der Waals surface area (Å²) in [6, 6.07) is 5.85. The topological polar surface area (TPSA) is 97.8 Å². The van der Waals surface area contributed by atoms with E-state index in [2.05, 4.69) is 25.1 Å². The summed E-state index contributed by atoms with van der Waals surface area (Å²) in [6.45, 7) is 2.49. The van der Waals surface area contributed by atoms with Crippen molar-refractivity contribution in [2.45, 2.75) is 25.4 Å². The van der Waals surface area contributed by atoms with Crippen LogP contribution < -0.4 is 5.69 Å². The smallest absolute Gasteiger partial charge is 0.327 e. The number of nitrogens with one attached hydrogen (secondary N) is 1. The summed E-state index contributed by atoms with van der Waals surface area (Å²) in [5.74, 6) is 0.836. The Morgan fingerprint density at radius 1 is 1.32 bits per heavy atom. The molecule has 28 heavy (non-hydrogen) atoms. The Bertz CT molecular complexity index is 1160. The molecule has 1 fully saturated rings. The van der Waals surface area contributed by atoms with E-state index >= 15 is 0 Å². The van der Waals surface area contributed by atoms with E-state index in [0.29, 0.717) is 6.54 Å². The maximum Gasteiger partial charge on any atom is 0.327 e. The number of piperidine rings is 1. The zero-order chi connectivity index (χ0) is 19.1. The second-order valence-corrected chi connectivity index (χ2v) is 7.26. The number of hydrogen-bond donors (Lipinski definition) is 1. The highest BCUT2D eigenvalue weighted by Crippen LogP contribution is 2.26. The summed E-state index contributed by atoms with van der Waals surface area (Å²) in [5, 5.41) is 8.32. The van der Waals surface area contributed by atoms with Crippen LogP contribution in [0.15, 0.2) is 46.1 Å². The molecular weight excluding hydrogens is 358 g/mol. The van der Waals surface area contributed by atoms with Crippen LogP contribution in [0.1, 0.15) is 24.6 Å². The maximum atomic E-state index is 12.4. The van der Waals surface area contributed by atoms with Crippen LogP contribution in [0.4, 0.5) is 0 Å². The molecule has 5 rings (SSSR count). The summed E-state index contributed by atoms with van der Waals surface area (Å²) >= 11 is 0. The fourth-order valence-electron chi connectivity index (χ4n) is 3.93. The summed E-state index contributed by atoms with van der Waals surface area (Å²) in [5.41, 5.74) is 3.20. The third-order valence-corrected chi connectivity index (χ3v) is 5.34. The van der Waals surface area contributed by atoms with Crippen molar-refractivity contribution >= 4 is 11.2 Å². The SMILES string of the molecule is Cn1cc(-c2cc(CN3CCC(n4c(=O)[nH]c5cccnc54)CC3)on2)cn1. The molecule has 1 N–H and O–H groups in total. The molecule has 1 aliphatic heterocycles. The van der Waals surface area contributed by atoms with Gasteiger partial charge in [0.25, 0.3) is 0 Å². The molecule has 0 spiro atoms. The van der Waals surface area contributed by atoms with Crippen molar-refractivity contribution in [2.24, 2.45) is 7.05 Å². The van der Waals surface area contributed by atoms with Gasteiger partial charge < -0.3 is 9.51 Å². The minimum atomic E-state index is -0.0801. The van der Waals surface area contributed by atoms with E-state index < -0.39 is 0 Å². The van der Waals surface area contributed by atoms with E-state index in [1.54, 1.807) is 17.1 Å². The maximum absolute atomic E-state index is 12.4. The second kappa shape index (κ2) is 6.75. The Balaban J connectivity index is 1.26. The number of nitrogens with zero attached hydrogens (tertiary/aromatic N) is 6. The molecule has 0 atom stereocenters. The standard InChI is InChI=1S/C19H21N7O2/c1-24-11-13(10-21-24)17-9-15(28-23-17)12-25-7-4-14(5-8-25)26-18-16(22-19(26)27)3-2-6-20-18/h2-3,6,9-11,14H,4-5,7-8,12H2,1H3,(H,22,27). The second-order valence-electron chi connectivity index (χ2n) is 7.26. The zero-order valence-electron chi connectivity index (χ0n) is 15.6. The van der Waals surface area contributed by atoms with Gasteiger partial charge in [0, 0.05) is 50.2 Å². The number of aromatic nitrogens is 6. The number of imidazole rings is 1. The lowest BCUT2D eigenvalue weighted by atomic mass is 10.0. The van der Waals surface area contributed by atoms with Crippen molar-refractivity contribution in [3.8, 4) is 11.3 Å². The van der Waals surface area contributed by atoms with E-state index in [4.69, 9.17) is 4.52 Å². The van der Waals surface area contributed by atoms with Gasteiger partial charge in [-0.3, -0.25) is 14.1 Å². The molecule has 144 valence electrons. The van der Waals surface area contributed by atoms with Gasteiger partial charge in [-0.1, -0.05) is 5.16 Å². The Kier molecular flexibility index (Phi) is 4.09. The van der Waals surface area contributed by atoms with Crippen molar-refractivity contribution < 1.29 is 4.52 Å². The molecule has 4 aromatic rings. The van der Waals surface area contributed by atoms with Gasteiger partial charge in [-0.25, -0.2) is 9.78 Å². The predicted molar refractivity (Wildman–Crippen MR) is 103 cm³/mol. The Morgan fingerprint density at radius 2 is 2.18 bits per heavy atom. The normalized spacial score (nSPS) is 16.2. The third kappa shape index (κ3) is 3.03. The lowest BCUT2D eigenvalue weighted by Gasteiger charge is -2.31. The van der Waals surface area contributed by atoms with Gasteiger partial charge in [0.15, 0.2) is 11.4 Å². The van der Waals surface area contributed by atoms with E-state index in [0.717, 1.165) is 54.1 Å². The summed E-state index contributed by atoms with van der Waals surface area (Å²) in [6.07, 6.45) is 7.21. The van der Waals surface area contributed by atoms with Crippen LogP contribution in [0.5, 0.6) is 0 Å². The van der Waals surface area contributed by atoms with E-state index in [1.165, 1.54) is 0 Å². The van der Waals surface area contributed by atoms with Crippen LogP contribution >= 0.6 is 0 Å². The largest absolute Gasteiger partial charge is 0.359 e. The number of aryl methyl sites for hydroxylation is 1. The van der Waals surface area contributed by atoms with Gasteiger partial charge in [0.1, 0.15) is 5.69 Å². The van der Waals surface area contributed by atoms with Crippen molar-refractivity contribution in [2.75, 3.05) is 13.1 Å². The van der Waals surface area contributed by atoms with Crippen LogP contribution in [0.25, 0.3) is 22.4 Å². The number of rotatable bonds is 4. The average Bonchev–Trinajstić information content (AvgIpc) is 3.40. The molecule has 1 saturated heterocycles. The van der Waals surface area contributed by atoms with Crippen LogP contribution in [0.2, 0.25) is 0 Å². The molecule has 4 aromatic heterocycles. The molecule has 9 nitrogen and oxygen atoms in total. The molecule has 0 unspecified atom stereocenters. The number of fused-ring (bicyclic) bond motifs is 1. The third-order valence-electron chi connectivity index (χ3n) is 5.34. The minimum absolute atomic E-state index is 0.0801. The molecule has 0 amide bonds. The number of pyridine rings is 1. The fourth-order valence-corrected chi connectivity index (χ4v) is 3.93. The van der Waals surface area contributed by atoms with Crippen molar-refractivity contribution in [1.82, 2.24) is 34.4 Å². The molecule has 0 aromatic carbocycles. The number of likely N-dealkylation sites (tertiary alicyclic amines) is 1. The lowest BCUT2D eigenvalue weighted by Crippen LogP contribution is -2.36. The molecule has 0 aliphatic carbocycles. The van der Waals surface area contributed by atoms with Gasteiger partial charge in [0.05, 0.1) is 18.3 Å². The molecule has 0 bridgehead atoms. The highest BCUT2D eigenvalue weighted by atomic mass is 16.5. The average molecular weight is 379 g/mol. The first kappa shape index (κ1) is 16.9. The van der Waals surface area contributed by atoms with Gasteiger partial charge in [-0.05, 0) is 25.0 Å². The first-order chi connectivity index (χ1) is 13.7. The molecule has 1 aliphatic rings. The molecule has 0 saturated carbocycles. The zero-order valence-corrected chi connectivity index (χ0v) is 15.6. The van der Waals surface area contributed by atoms with Gasteiger partial charge in [-0.2, -0.15) is 5.10 Å². The number of H-pyrrole nitrogens is 1. The number of hydrogen-bond acceptors (Lipinski definition) is 6. The highest BCUT2D eigenvalue weighted by Gasteiger charge is 2.25. The van der Waals surface area contributed by atoms with E-state index in [9.17, 15) is 4.79 Å². The monoisotopic (exact) mass is 379 g/mol. The molecule has 5 heterocycles. The van der Waals surface area contributed by atoms with E-state index in [-0.39, 0.29) is 11.7 Å². The summed E-state index contributed by atoms with van der Waals surface area (Å²) < 4.78 is 9.06.